The predicted molar refractivity (Wildman–Crippen MR) is 90.8 cm³/mol. The van der Waals surface area contributed by atoms with Crippen molar-refractivity contribution in [2.24, 2.45) is 0 Å². The smallest absolute Gasteiger partial charge is 0.255 e. The molecule has 3 nitrogen and oxygen atoms in total. The van der Waals surface area contributed by atoms with Crippen molar-refractivity contribution in [3.05, 3.63) is 59.2 Å². The van der Waals surface area contributed by atoms with E-state index in [0.29, 0.717) is 5.56 Å². The van der Waals surface area contributed by atoms with Gasteiger partial charge in [-0.1, -0.05) is 45.0 Å². The summed E-state index contributed by atoms with van der Waals surface area (Å²) in [5.41, 5.74) is 3.52. The van der Waals surface area contributed by atoms with Gasteiger partial charge in [-0.05, 0) is 41.7 Å². The molecule has 0 aliphatic rings. The predicted octanol–water partition coefficient (Wildman–Crippen LogP) is 4.55. The van der Waals surface area contributed by atoms with E-state index in [0.717, 1.165) is 22.6 Å². The lowest BCUT2D eigenvalue weighted by atomic mass is 9.86. The number of hydrogen-bond acceptors (Lipinski definition) is 2. The minimum atomic E-state index is -0.130. The molecular formula is C19H23NO2. The van der Waals surface area contributed by atoms with E-state index in [1.807, 2.05) is 43.3 Å². The summed E-state index contributed by atoms with van der Waals surface area (Å²) >= 11 is 0. The van der Waals surface area contributed by atoms with Crippen LogP contribution in [0.4, 0.5) is 5.69 Å². The molecule has 0 bridgehead atoms. The largest absolute Gasteiger partial charge is 0.496 e. The molecule has 0 aromatic heterocycles. The number of rotatable bonds is 3. The van der Waals surface area contributed by atoms with Crippen molar-refractivity contribution in [1.29, 1.82) is 0 Å². The Labute approximate surface area is 132 Å². The summed E-state index contributed by atoms with van der Waals surface area (Å²) in [5.74, 6) is 0.590. The molecular weight excluding hydrogens is 274 g/mol. The second-order valence-corrected chi connectivity index (χ2v) is 6.43. The number of aryl methyl sites for hydroxylation is 1. The van der Waals surface area contributed by atoms with Crippen LogP contribution < -0.4 is 10.1 Å². The van der Waals surface area contributed by atoms with Crippen molar-refractivity contribution in [1.82, 2.24) is 0 Å². The van der Waals surface area contributed by atoms with Gasteiger partial charge in [-0.15, -0.1) is 0 Å². The van der Waals surface area contributed by atoms with Gasteiger partial charge in [-0.25, -0.2) is 0 Å². The summed E-state index contributed by atoms with van der Waals surface area (Å²) in [7, 11) is 1.61. The highest BCUT2D eigenvalue weighted by Gasteiger charge is 2.19. The third-order valence-electron chi connectivity index (χ3n) is 3.65. The Balaban J connectivity index is 2.30. The molecule has 1 amide bonds. The normalized spacial score (nSPS) is 11.1. The molecule has 2 aromatic carbocycles. The monoisotopic (exact) mass is 297 g/mol. The SMILES string of the molecule is COc1cc(C(=O)Nc2ccccc2C(C)(C)C)ccc1C. The Hall–Kier alpha value is -2.29. The van der Waals surface area contributed by atoms with Gasteiger partial charge in [-0.3, -0.25) is 4.79 Å². The summed E-state index contributed by atoms with van der Waals surface area (Å²) in [6, 6.07) is 13.4. The highest BCUT2D eigenvalue weighted by molar-refractivity contribution is 6.05. The van der Waals surface area contributed by atoms with Gasteiger partial charge in [0.05, 0.1) is 7.11 Å². The first-order chi connectivity index (χ1) is 10.3. The lowest BCUT2D eigenvalue weighted by molar-refractivity contribution is 0.102. The molecule has 1 N–H and O–H groups in total. The lowest BCUT2D eigenvalue weighted by Gasteiger charge is -2.23. The minimum absolute atomic E-state index is 0.0329. The molecule has 0 aliphatic carbocycles. The topological polar surface area (TPSA) is 38.3 Å². The van der Waals surface area contributed by atoms with E-state index in [1.54, 1.807) is 13.2 Å². The van der Waals surface area contributed by atoms with Crippen molar-refractivity contribution in [2.45, 2.75) is 33.1 Å². The fourth-order valence-corrected chi connectivity index (χ4v) is 2.40. The Morgan fingerprint density at radius 3 is 2.41 bits per heavy atom. The number of para-hydroxylation sites is 1. The van der Waals surface area contributed by atoms with Gasteiger partial charge < -0.3 is 10.1 Å². The number of amides is 1. The van der Waals surface area contributed by atoms with Gasteiger partial charge in [0, 0.05) is 11.3 Å². The Morgan fingerprint density at radius 2 is 1.77 bits per heavy atom. The van der Waals surface area contributed by atoms with Crippen LogP contribution in [0.3, 0.4) is 0 Å². The first-order valence-electron chi connectivity index (χ1n) is 7.38. The zero-order chi connectivity index (χ0) is 16.3. The maximum atomic E-state index is 12.5. The minimum Gasteiger partial charge on any atom is -0.496 e. The van der Waals surface area contributed by atoms with Gasteiger partial charge in [0.2, 0.25) is 0 Å². The number of hydrogen-bond donors (Lipinski definition) is 1. The van der Waals surface area contributed by atoms with Crippen LogP contribution in [0, 0.1) is 6.92 Å². The van der Waals surface area contributed by atoms with Crippen molar-refractivity contribution in [3.8, 4) is 5.75 Å². The molecule has 0 aliphatic heterocycles. The van der Waals surface area contributed by atoms with E-state index in [2.05, 4.69) is 26.1 Å². The standard InChI is InChI=1S/C19H23NO2/c1-13-10-11-14(12-17(13)22-5)18(21)20-16-9-7-6-8-15(16)19(2,3)4/h6-12H,1-5H3,(H,20,21). The van der Waals surface area contributed by atoms with E-state index in [4.69, 9.17) is 4.74 Å². The zero-order valence-electron chi connectivity index (χ0n) is 13.9. The van der Waals surface area contributed by atoms with Gasteiger partial charge in [-0.2, -0.15) is 0 Å². The average Bonchev–Trinajstić information content (AvgIpc) is 2.47. The Kier molecular flexibility index (Phi) is 4.55. The maximum absolute atomic E-state index is 12.5. The van der Waals surface area contributed by atoms with E-state index in [-0.39, 0.29) is 11.3 Å². The highest BCUT2D eigenvalue weighted by Crippen LogP contribution is 2.29. The van der Waals surface area contributed by atoms with Crippen LogP contribution in [0.15, 0.2) is 42.5 Å². The summed E-state index contributed by atoms with van der Waals surface area (Å²) in [5, 5.41) is 3.01. The molecule has 0 unspecified atom stereocenters. The van der Waals surface area contributed by atoms with Crippen molar-refractivity contribution >= 4 is 11.6 Å². The number of carbonyl (C=O) groups excluding carboxylic acids is 1. The number of anilines is 1. The maximum Gasteiger partial charge on any atom is 0.255 e. The van der Waals surface area contributed by atoms with Crippen molar-refractivity contribution in [2.75, 3.05) is 12.4 Å². The molecule has 116 valence electrons. The molecule has 0 saturated heterocycles. The van der Waals surface area contributed by atoms with Crippen LogP contribution in [0.25, 0.3) is 0 Å². The highest BCUT2D eigenvalue weighted by atomic mass is 16.5. The van der Waals surface area contributed by atoms with Crippen LogP contribution in [-0.4, -0.2) is 13.0 Å². The fraction of sp³-hybridized carbons (Fsp3) is 0.316. The first-order valence-corrected chi connectivity index (χ1v) is 7.38. The fourth-order valence-electron chi connectivity index (χ4n) is 2.40. The molecule has 2 aromatic rings. The number of methoxy groups -OCH3 is 1. The lowest BCUT2D eigenvalue weighted by Crippen LogP contribution is -2.18. The van der Waals surface area contributed by atoms with Crippen molar-refractivity contribution < 1.29 is 9.53 Å². The summed E-state index contributed by atoms with van der Waals surface area (Å²) in [6.07, 6.45) is 0. The van der Waals surface area contributed by atoms with Crippen LogP contribution in [0.1, 0.15) is 42.3 Å². The molecule has 2 rings (SSSR count). The van der Waals surface area contributed by atoms with E-state index in [1.165, 1.54) is 0 Å². The molecule has 0 heterocycles. The van der Waals surface area contributed by atoms with Crippen LogP contribution >= 0.6 is 0 Å². The zero-order valence-corrected chi connectivity index (χ0v) is 13.9. The van der Waals surface area contributed by atoms with Gasteiger partial charge in [0.1, 0.15) is 5.75 Å². The van der Waals surface area contributed by atoms with Crippen LogP contribution in [0.2, 0.25) is 0 Å². The van der Waals surface area contributed by atoms with Crippen molar-refractivity contribution in [3.63, 3.8) is 0 Å². The molecule has 0 fully saturated rings. The molecule has 0 atom stereocenters. The van der Waals surface area contributed by atoms with E-state index >= 15 is 0 Å². The van der Waals surface area contributed by atoms with Gasteiger partial charge in [0.25, 0.3) is 5.91 Å². The molecule has 0 radical (unpaired) electrons. The van der Waals surface area contributed by atoms with Gasteiger partial charge in [0.15, 0.2) is 0 Å². The van der Waals surface area contributed by atoms with Gasteiger partial charge >= 0.3 is 0 Å². The summed E-state index contributed by atoms with van der Waals surface area (Å²) in [6.45, 7) is 8.35. The number of ether oxygens (including phenoxy) is 1. The summed E-state index contributed by atoms with van der Waals surface area (Å²) in [4.78, 5) is 12.5. The van der Waals surface area contributed by atoms with E-state index < -0.39 is 0 Å². The average molecular weight is 297 g/mol. The Bertz CT molecular complexity index is 684. The number of nitrogens with one attached hydrogen (secondary N) is 1. The van der Waals surface area contributed by atoms with Crippen LogP contribution in [-0.2, 0) is 5.41 Å². The third kappa shape index (κ3) is 3.48. The quantitative estimate of drug-likeness (QED) is 0.902. The number of benzene rings is 2. The second-order valence-electron chi connectivity index (χ2n) is 6.43. The summed E-state index contributed by atoms with van der Waals surface area (Å²) < 4.78 is 5.28. The Morgan fingerprint density at radius 1 is 1.09 bits per heavy atom. The van der Waals surface area contributed by atoms with Crippen LogP contribution in [0.5, 0.6) is 5.75 Å². The molecule has 3 heteroatoms. The first kappa shape index (κ1) is 16.1. The third-order valence-corrected chi connectivity index (χ3v) is 3.65. The molecule has 22 heavy (non-hydrogen) atoms. The van der Waals surface area contributed by atoms with E-state index in [9.17, 15) is 4.79 Å². The molecule has 0 saturated carbocycles. The number of carbonyl (C=O) groups is 1. The molecule has 0 spiro atoms. The second kappa shape index (κ2) is 6.22.